The van der Waals surface area contributed by atoms with Crippen LogP contribution in [0.5, 0.6) is 0 Å². The molecule has 0 unspecified atom stereocenters. The summed E-state index contributed by atoms with van der Waals surface area (Å²) in [4.78, 5) is 0. The van der Waals surface area contributed by atoms with Gasteiger partial charge in [0.15, 0.2) is 5.83 Å². The largest absolute Gasteiger partial charge is 0.209 e. The Morgan fingerprint density at radius 2 is 1.38 bits per heavy atom. The molecule has 2 aromatic carbocycles. The maximum atomic E-state index is 13.9. The summed E-state index contributed by atoms with van der Waals surface area (Å²) in [5, 5.41) is 0. The Bertz CT molecular complexity index is 703. The molecule has 0 nitrogen and oxygen atoms in total. The first-order valence-electron chi connectivity index (χ1n) is 8.00. The fourth-order valence-electron chi connectivity index (χ4n) is 2.59. The van der Waals surface area contributed by atoms with E-state index in [0.717, 1.165) is 12.5 Å². The van der Waals surface area contributed by atoms with Gasteiger partial charge in [0.25, 0.3) is 0 Å². The quantitative estimate of drug-likeness (QED) is 0.541. The molecular formula is C20H20F4. The van der Waals surface area contributed by atoms with E-state index in [4.69, 9.17) is 0 Å². The van der Waals surface area contributed by atoms with Crippen LogP contribution in [0.4, 0.5) is 17.6 Å². The summed E-state index contributed by atoms with van der Waals surface area (Å²) in [7, 11) is 0. The van der Waals surface area contributed by atoms with Crippen molar-refractivity contribution in [1.29, 1.82) is 0 Å². The van der Waals surface area contributed by atoms with Gasteiger partial charge in [-0.1, -0.05) is 37.6 Å². The minimum absolute atomic E-state index is 0.134. The molecular weight excluding hydrogens is 316 g/mol. The summed E-state index contributed by atoms with van der Waals surface area (Å²) < 4.78 is 54.1. The van der Waals surface area contributed by atoms with Gasteiger partial charge in [0.2, 0.25) is 0 Å². The third-order valence-electron chi connectivity index (χ3n) is 3.91. The van der Waals surface area contributed by atoms with Crippen molar-refractivity contribution in [2.24, 2.45) is 0 Å². The summed E-state index contributed by atoms with van der Waals surface area (Å²) in [6.07, 6.45) is 2.10. The van der Waals surface area contributed by atoms with Crippen molar-refractivity contribution in [3.63, 3.8) is 0 Å². The number of aryl methyl sites for hydroxylation is 2. The fourth-order valence-corrected chi connectivity index (χ4v) is 2.59. The smallest absolute Gasteiger partial charge is 0.161 e. The van der Waals surface area contributed by atoms with Crippen LogP contribution in [0.15, 0.2) is 42.2 Å². The number of hydrogen-bond donors (Lipinski definition) is 0. The second kappa shape index (κ2) is 8.13. The zero-order chi connectivity index (χ0) is 17.7. The van der Waals surface area contributed by atoms with E-state index < -0.39 is 23.3 Å². The minimum atomic E-state index is -0.878. The first kappa shape index (κ1) is 18.2. The van der Waals surface area contributed by atoms with Gasteiger partial charge in [-0.15, -0.1) is 0 Å². The first-order valence-corrected chi connectivity index (χ1v) is 8.00. The molecule has 0 aliphatic carbocycles. The molecule has 0 fully saturated rings. The lowest BCUT2D eigenvalue weighted by Gasteiger charge is -2.08. The Labute approximate surface area is 139 Å². The van der Waals surface area contributed by atoms with E-state index in [1.54, 1.807) is 12.1 Å². The van der Waals surface area contributed by atoms with Gasteiger partial charge >= 0.3 is 0 Å². The Balaban J connectivity index is 2.07. The van der Waals surface area contributed by atoms with Gasteiger partial charge in [0.05, 0.1) is 0 Å². The van der Waals surface area contributed by atoms with E-state index in [1.807, 2.05) is 6.92 Å². The molecule has 0 aliphatic heterocycles. The molecule has 0 saturated carbocycles. The van der Waals surface area contributed by atoms with Crippen molar-refractivity contribution >= 4 is 5.83 Å². The second-order valence-electron chi connectivity index (χ2n) is 5.83. The molecule has 0 N–H and O–H groups in total. The third kappa shape index (κ3) is 4.47. The van der Waals surface area contributed by atoms with Crippen LogP contribution in [0.1, 0.15) is 42.5 Å². The van der Waals surface area contributed by atoms with Crippen LogP contribution in [0.3, 0.4) is 0 Å². The number of allylic oxidation sites excluding steroid dienone is 1. The van der Waals surface area contributed by atoms with Crippen molar-refractivity contribution in [1.82, 2.24) is 0 Å². The lowest BCUT2D eigenvalue weighted by molar-refractivity contribution is 0.549. The van der Waals surface area contributed by atoms with Crippen molar-refractivity contribution in [3.8, 4) is 0 Å². The molecule has 0 radical (unpaired) electrons. The van der Waals surface area contributed by atoms with E-state index >= 15 is 0 Å². The highest BCUT2D eigenvalue weighted by Crippen LogP contribution is 2.22. The summed E-state index contributed by atoms with van der Waals surface area (Å²) in [6, 6.07) is 9.12. The molecule has 0 spiro atoms. The average Bonchev–Trinajstić information content (AvgIpc) is 2.56. The molecule has 0 atom stereocenters. The van der Waals surface area contributed by atoms with Crippen LogP contribution in [-0.4, -0.2) is 0 Å². The molecule has 0 heterocycles. The van der Waals surface area contributed by atoms with E-state index in [-0.39, 0.29) is 11.1 Å². The van der Waals surface area contributed by atoms with Crippen molar-refractivity contribution in [3.05, 3.63) is 76.1 Å². The Morgan fingerprint density at radius 3 is 1.88 bits per heavy atom. The molecule has 2 rings (SSSR count). The van der Waals surface area contributed by atoms with Crippen molar-refractivity contribution in [2.75, 3.05) is 0 Å². The summed E-state index contributed by atoms with van der Waals surface area (Å²) in [5.74, 6) is -2.75. The van der Waals surface area contributed by atoms with Crippen LogP contribution < -0.4 is 0 Å². The van der Waals surface area contributed by atoms with E-state index in [9.17, 15) is 17.6 Å². The summed E-state index contributed by atoms with van der Waals surface area (Å²) >= 11 is 0. The van der Waals surface area contributed by atoms with Crippen molar-refractivity contribution < 1.29 is 17.6 Å². The third-order valence-corrected chi connectivity index (χ3v) is 3.91. The average molecular weight is 336 g/mol. The highest BCUT2D eigenvalue weighted by atomic mass is 19.2. The SMILES string of the molecule is CCCc1c(F)cc(CCc2ccc(/C(F)=C(\C)F)cc2)cc1F. The molecule has 2 aromatic rings. The minimum Gasteiger partial charge on any atom is -0.209 e. The maximum Gasteiger partial charge on any atom is 0.161 e. The normalized spacial score (nSPS) is 12.2. The summed E-state index contributed by atoms with van der Waals surface area (Å²) in [5.41, 5.74) is 1.79. The molecule has 0 bridgehead atoms. The summed E-state index contributed by atoms with van der Waals surface area (Å²) in [6.45, 7) is 2.94. The predicted octanol–water partition coefficient (Wildman–Crippen LogP) is 6.33. The second-order valence-corrected chi connectivity index (χ2v) is 5.83. The lowest BCUT2D eigenvalue weighted by atomic mass is 10.00. The number of rotatable bonds is 6. The molecule has 128 valence electrons. The Morgan fingerprint density at radius 1 is 0.833 bits per heavy atom. The standard InChI is InChI=1S/C20H20F4/c1-3-4-17-18(22)11-15(12-19(17)23)6-5-14-7-9-16(10-8-14)20(24)13(2)21/h7-12H,3-6H2,1-2H3/b20-13-. The Kier molecular flexibility index (Phi) is 6.18. The molecule has 4 heteroatoms. The number of halogens is 4. The van der Waals surface area contributed by atoms with Crippen LogP contribution in [0.2, 0.25) is 0 Å². The van der Waals surface area contributed by atoms with E-state index in [2.05, 4.69) is 0 Å². The van der Waals surface area contributed by atoms with Gasteiger partial charge in [-0.3, -0.25) is 0 Å². The van der Waals surface area contributed by atoms with Gasteiger partial charge in [-0.25, -0.2) is 17.6 Å². The number of hydrogen-bond acceptors (Lipinski definition) is 0. The zero-order valence-corrected chi connectivity index (χ0v) is 13.8. The fraction of sp³-hybridized carbons (Fsp3) is 0.300. The van der Waals surface area contributed by atoms with Crippen molar-refractivity contribution in [2.45, 2.75) is 39.5 Å². The monoisotopic (exact) mass is 336 g/mol. The van der Waals surface area contributed by atoms with Gasteiger partial charge in [0.1, 0.15) is 17.5 Å². The first-order chi connectivity index (χ1) is 11.4. The van der Waals surface area contributed by atoms with Crippen LogP contribution in [-0.2, 0) is 19.3 Å². The van der Waals surface area contributed by atoms with Gasteiger partial charge in [0, 0.05) is 11.1 Å². The molecule has 0 saturated heterocycles. The molecule has 24 heavy (non-hydrogen) atoms. The van der Waals surface area contributed by atoms with Crippen LogP contribution >= 0.6 is 0 Å². The predicted molar refractivity (Wildman–Crippen MR) is 89.0 cm³/mol. The molecule has 0 aromatic heterocycles. The van der Waals surface area contributed by atoms with Gasteiger partial charge in [-0.2, -0.15) is 0 Å². The lowest BCUT2D eigenvalue weighted by Crippen LogP contribution is -2.00. The Hall–Kier alpha value is -2.10. The topological polar surface area (TPSA) is 0 Å². The zero-order valence-electron chi connectivity index (χ0n) is 13.8. The van der Waals surface area contributed by atoms with E-state index in [0.29, 0.717) is 31.2 Å². The maximum absolute atomic E-state index is 13.9. The van der Waals surface area contributed by atoms with Gasteiger partial charge in [-0.05, 0) is 49.4 Å². The van der Waals surface area contributed by atoms with Crippen LogP contribution in [0.25, 0.3) is 5.83 Å². The molecule has 0 aliphatic rings. The number of benzene rings is 2. The van der Waals surface area contributed by atoms with Gasteiger partial charge < -0.3 is 0 Å². The molecule has 0 amide bonds. The van der Waals surface area contributed by atoms with Crippen LogP contribution in [0, 0.1) is 11.6 Å². The highest BCUT2D eigenvalue weighted by Gasteiger charge is 2.11. The highest BCUT2D eigenvalue weighted by molar-refractivity contribution is 5.60. The van der Waals surface area contributed by atoms with E-state index in [1.165, 1.54) is 24.3 Å².